The highest BCUT2D eigenvalue weighted by Crippen LogP contribution is 2.35. The van der Waals surface area contributed by atoms with Crippen molar-refractivity contribution in [2.24, 2.45) is 0 Å². The SMILES string of the molecule is Cc1cccc(C(=O)N2CCc3c(ccc(Cl)c3NC(=O)Cc3cccc(C(F)(F)F)c3F)C2)c1. The molecule has 1 heterocycles. The normalized spacial score (nSPS) is 13.4. The van der Waals surface area contributed by atoms with E-state index in [1.165, 1.54) is 0 Å². The second-order valence-electron chi connectivity index (χ2n) is 8.41. The smallest absolute Gasteiger partial charge is 0.334 e. The molecule has 0 atom stereocenters. The van der Waals surface area contributed by atoms with Gasteiger partial charge in [-0.1, -0.05) is 47.5 Å². The van der Waals surface area contributed by atoms with Gasteiger partial charge in [0.05, 0.1) is 22.7 Å². The van der Waals surface area contributed by atoms with Crippen LogP contribution in [-0.2, 0) is 30.4 Å². The van der Waals surface area contributed by atoms with E-state index < -0.39 is 29.9 Å². The van der Waals surface area contributed by atoms with Gasteiger partial charge < -0.3 is 10.2 Å². The topological polar surface area (TPSA) is 49.4 Å². The third-order valence-electron chi connectivity index (χ3n) is 5.90. The van der Waals surface area contributed by atoms with E-state index in [0.29, 0.717) is 36.8 Å². The number of benzene rings is 3. The Labute approximate surface area is 204 Å². The fourth-order valence-electron chi connectivity index (χ4n) is 4.19. The average Bonchev–Trinajstić information content (AvgIpc) is 2.80. The second-order valence-corrected chi connectivity index (χ2v) is 8.81. The van der Waals surface area contributed by atoms with E-state index in [1.807, 2.05) is 25.1 Å². The third kappa shape index (κ3) is 5.32. The van der Waals surface area contributed by atoms with Gasteiger partial charge >= 0.3 is 6.18 Å². The number of nitrogens with zero attached hydrogens (tertiary/aromatic N) is 1. The van der Waals surface area contributed by atoms with Crippen LogP contribution in [0.25, 0.3) is 0 Å². The van der Waals surface area contributed by atoms with Crippen LogP contribution in [0.4, 0.5) is 23.2 Å². The summed E-state index contributed by atoms with van der Waals surface area (Å²) in [6.45, 7) is 2.61. The van der Waals surface area contributed by atoms with Gasteiger partial charge in [-0.25, -0.2) is 4.39 Å². The fraction of sp³-hybridized carbons (Fsp3) is 0.231. The zero-order valence-corrected chi connectivity index (χ0v) is 19.4. The molecule has 0 saturated carbocycles. The van der Waals surface area contributed by atoms with Crippen LogP contribution in [0.3, 0.4) is 0 Å². The first-order chi connectivity index (χ1) is 16.5. The summed E-state index contributed by atoms with van der Waals surface area (Å²) in [7, 11) is 0. The highest BCUT2D eigenvalue weighted by Gasteiger charge is 2.35. The maximum Gasteiger partial charge on any atom is 0.419 e. The van der Waals surface area contributed by atoms with E-state index in [0.717, 1.165) is 28.8 Å². The Bertz CT molecular complexity index is 1310. The number of hydrogen-bond donors (Lipinski definition) is 1. The minimum atomic E-state index is -4.86. The number of nitrogens with one attached hydrogen (secondary N) is 1. The van der Waals surface area contributed by atoms with E-state index in [4.69, 9.17) is 11.6 Å². The quantitative estimate of drug-likeness (QED) is 0.431. The molecule has 0 fully saturated rings. The standard InChI is InChI=1S/C26H21ClF4N2O2/c1-15-4-2-6-17(12-15)25(35)33-11-10-19-18(14-33)8-9-21(27)24(19)32-22(34)13-16-5-3-7-20(23(16)28)26(29,30)31/h2-9,12H,10-11,13-14H2,1H3,(H,32,34). The van der Waals surface area contributed by atoms with Crippen LogP contribution >= 0.6 is 11.6 Å². The van der Waals surface area contributed by atoms with Crippen molar-refractivity contribution in [3.05, 3.63) is 98.8 Å². The van der Waals surface area contributed by atoms with Crippen LogP contribution in [0.15, 0.2) is 54.6 Å². The van der Waals surface area contributed by atoms with E-state index >= 15 is 0 Å². The first-order valence-electron chi connectivity index (χ1n) is 10.8. The van der Waals surface area contributed by atoms with Crippen molar-refractivity contribution >= 4 is 29.1 Å². The van der Waals surface area contributed by atoms with E-state index in [1.54, 1.807) is 23.1 Å². The highest BCUT2D eigenvalue weighted by atomic mass is 35.5. The molecule has 3 aromatic rings. The first kappa shape index (κ1) is 24.7. The molecular weight excluding hydrogens is 484 g/mol. The molecule has 0 saturated heterocycles. The van der Waals surface area contributed by atoms with Crippen molar-refractivity contribution in [3.63, 3.8) is 0 Å². The Hall–Kier alpha value is -3.39. The Kier molecular flexibility index (Phi) is 6.85. The highest BCUT2D eigenvalue weighted by molar-refractivity contribution is 6.34. The number of hydrogen-bond acceptors (Lipinski definition) is 2. The van der Waals surface area contributed by atoms with Crippen LogP contribution in [0.5, 0.6) is 0 Å². The summed E-state index contributed by atoms with van der Waals surface area (Å²) < 4.78 is 53.3. The molecule has 1 aliphatic heterocycles. The number of carbonyl (C=O) groups is 2. The van der Waals surface area contributed by atoms with Gasteiger partial charge in [-0.15, -0.1) is 0 Å². The fourth-order valence-corrected chi connectivity index (χ4v) is 4.41. The molecule has 0 spiro atoms. The number of halogens is 5. The Morgan fingerprint density at radius 1 is 1.09 bits per heavy atom. The summed E-state index contributed by atoms with van der Waals surface area (Å²) in [4.78, 5) is 27.3. The molecule has 35 heavy (non-hydrogen) atoms. The zero-order valence-electron chi connectivity index (χ0n) is 18.7. The molecule has 0 aromatic heterocycles. The van der Waals surface area contributed by atoms with Gasteiger partial charge in [-0.3, -0.25) is 9.59 Å². The Balaban J connectivity index is 1.53. The number of rotatable bonds is 4. The van der Waals surface area contributed by atoms with Gasteiger partial charge in [0.1, 0.15) is 5.82 Å². The maximum absolute atomic E-state index is 14.3. The van der Waals surface area contributed by atoms with Crippen molar-refractivity contribution < 1.29 is 27.2 Å². The maximum atomic E-state index is 14.3. The number of aryl methyl sites for hydroxylation is 1. The number of alkyl halides is 3. The van der Waals surface area contributed by atoms with Crippen LogP contribution in [0, 0.1) is 12.7 Å². The largest absolute Gasteiger partial charge is 0.419 e. The summed E-state index contributed by atoms with van der Waals surface area (Å²) in [6.07, 6.45) is -5.03. The molecule has 0 unspecified atom stereocenters. The van der Waals surface area contributed by atoms with Gasteiger partial charge in [-0.05, 0) is 54.3 Å². The first-order valence-corrected chi connectivity index (χ1v) is 11.2. The number of anilines is 1. The lowest BCUT2D eigenvalue weighted by Gasteiger charge is -2.30. The van der Waals surface area contributed by atoms with Gasteiger partial charge in [-0.2, -0.15) is 13.2 Å². The minimum Gasteiger partial charge on any atom is -0.334 e. The molecule has 2 amide bonds. The molecule has 0 aliphatic carbocycles. The van der Waals surface area contributed by atoms with Crippen molar-refractivity contribution in [1.82, 2.24) is 4.90 Å². The molecule has 4 rings (SSSR count). The predicted octanol–water partition coefficient (Wildman–Crippen LogP) is 6.19. The van der Waals surface area contributed by atoms with E-state index in [2.05, 4.69) is 5.32 Å². The van der Waals surface area contributed by atoms with E-state index in [-0.39, 0.29) is 16.5 Å². The lowest BCUT2D eigenvalue weighted by Crippen LogP contribution is -2.36. The van der Waals surface area contributed by atoms with Crippen LogP contribution in [0.1, 0.15) is 38.2 Å². The molecule has 0 bridgehead atoms. The molecule has 1 aliphatic rings. The van der Waals surface area contributed by atoms with Gasteiger partial charge in [0.2, 0.25) is 5.91 Å². The average molecular weight is 505 g/mol. The molecule has 4 nitrogen and oxygen atoms in total. The number of fused-ring (bicyclic) bond motifs is 1. The summed E-state index contributed by atoms with van der Waals surface area (Å²) in [6, 6.07) is 13.5. The summed E-state index contributed by atoms with van der Waals surface area (Å²) in [5, 5.41) is 2.88. The third-order valence-corrected chi connectivity index (χ3v) is 6.22. The summed E-state index contributed by atoms with van der Waals surface area (Å²) >= 11 is 6.32. The molecule has 3 aromatic carbocycles. The van der Waals surface area contributed by atoms with Crippen molar-refractivity contribution in [1.29, 1.82) is 0 Å². The second kappa shape index (κ2) is 9.70. The van der Waals surface area contributed by atoms with Crippen LogP contribution in [-0.4, -0.2) is 23.3 Å². The Morgan fingerprint density at radius 3 is 2.54 bits per heavy atom. The van der Waals surface area contributed by atoms with Crippen molar-refractivity contribution in [3.8, 4) is 0 Å². The number of amides is 2. The molecule has 1 N–H and O–H groups in total. The van der Waals surface area contributed by atoms with Crippen molar-refractivity contribution in [2.75, 3.05) is 11.9 Å². The lowest BCUT2D eigenvalue weighted by atomic mass is 9.96. The van der Waals surface area contributed by atoms with E-state index in [9.17, 15) is 27.2 Å². The van der Waals surface area contributed by atoms with Gasteiger partial charge in [0, 0.05) is 18.7 Å². The van der Waals surface area contributed by atoms with Gasteiger partial charge in [0.15, 0.2) is 0 Å². The molecule has 0 radical (unpaired) electrons. The van der Waals surface area contributed by atoms with Crippen LogP contribution < -0.4 is 5.32 Å². The monoisotopic (exact) mass is 504 g/mol. The summed E-state index contributed by atoms with van der Waals surface area (Å²) in [5.41, 5.74) is 1.63. The molecular formula is C26H21ClF4N2O2. The Morgan fingerprint density at radius 2 is 1.83 bits per heavy atom. The summed E-state index contributed by atoms with van der Waals surface area (Å²) in [5.74, 6) is -2.28. The predicted molar refractivity (Wildman–Crippen MR) is 125 cm³/mol. The number of carbonyl (C=O) groups excluding carboxylic acids is 2. The lowest BCUT2D eigenvalue weighted by molar-refractivity contribution is -0.140. The molecule has 182 valence electrons. The van der Waals surface area contributed by atoms with Crippen molar-refractivity contribution in [2.45, 2.75) is 32.5 Å². The molecule has 9 heteroatoms. The zero-order chi connectivity index (χ0) is 25.3. The minimum absolute atomic E-state index is 0.111. The van der Waals surface area contributed by atoms with Gasteiger partial charge in [0.25, 0.3) is 5.91 Å². The van der Waals surface area contributed by atoms with Crippen LogP contribution in [0.2, 0.25) is 5.02 Å².